The van der Waals surface area contributed by atoms with Crippen molar-refractivity contribution >= 4 is 17.5 Å². The first-order chi connectivity index (χ1) is 11.1. The van der Waals surface area contributed by atoms with Crippen LogP contribution in [0.15, 0.2) is 48.5 Å². The number of rotatable bonds is 3. The fourth-order valence-corrected chi connectivity index (χ4v) is 2.87. The first kappa shape index (κ1) is 15.3. The summed E-state index contributed by atoms with van der Waals surface area (Å²) in [6.45, 7) is 0.534. The molecule has 2 amide bonds. The number of hydrogen-bond donors (Lipinski definition) is 0. The van der Waals surface area contributed by atoms with Gasteiger partial charge < -0.3 is 9.80 Å². The summed E-state index contributed by atoms with van der Waals surface area (Å²) in [6, 6.07) is 15.6. The predicted octanol–water partition coefficient (Wildman–Crippen LogP) is 2.87. The molecule has 1 aliphatic heterocycles. The van der Waals surface area contributed by atoms with Crippen LogP contribution in [0.3, 0.4) is 0 Å². The standard InChI is InChI=1S/C19H20N2O2/c1-20(2)19(23)16-9-8-15-10-11-18(22)21(17(15)12-16)13-14-6-4-3-5-7-14/h3-9,12H,10-11,13H2,1-2H3. The molecule has 0 saturated carbocycles. The highest BCUT2D eigenvalue weighted by Crippen LogP contribution is 2.30. The molecule has 2 aromatic rings. The molecule has 2 aromatic carbocycles. The van der Waals surface area contributed by atoms with Crippen LogP contribution in [0.1, 0.15) is 27.9 Å². The van der Waals surface area contributed by atoms with E-state index in [1.165, 1.54) is 0 Å². The zero-order valence-electron chi connectivity index (χ0n) is 13.5. The Hall–Kier alpha value is -2.62. The number of anilines is 1. The quantitative estimate of drug-likeness (QED) is 0.875. The summed E-state index contributed by atoms with van der Waals surface area (Å²) in [5.41, 5.74) is 3.67. The number of carbonyl (C=O) groups is 2. The van der Waals surface area contributed by atoms with Crippen LogP contribution in [0, 0.1) is 0 Å². The minimum absolute atomic E-state index is 0.0505. The van der Waals surface area contributed by atoms with Crippen LogP contribution in [0.25, 0.3) is 0 Å². The largest absolute Gasteiger partial charge is 0.345 e. The minimum atomic E-state index is -0.0505. The maximum absolute atomic E-state index is 12.4. The van der Waals surface area contributed by atoms with Crippen molar-refractivity contribution in [1.29, 1.82) is 0 Å². The second-order valence-electron chi connectivity index (χ2n) is 6.01. The highest BCUT2D eigenvalue weighted by Gasteiger charge is 2.25. The lowest BCUT2D eigenvalue weighted by Gasteiger charge is -2.30. The fourth-order valence-electron chi connectivity index (χ4n) is 2.87. The van der Waals surface area contributed by atoms with Crippen molar-refractivity contribution in [2.45, 2.75) is 19.4 Å². The van der Waals surface area contributed by atoms with Crippen molar-refractivity contribution in [3.8, 4) is 0 Å². The van der Waals surface area contributed by atoms with Crippen LogP contribution in [0.2, 0.25) is 0 Å². The van der Waals surface area contributed by atoms with E-state index in [1.54, 1.807) is 23.9 Å². The average Bonchev–Trinajstić information content (AvgIpc) is 2.57. The lowest BCUT2D eigenvalue weighted by molar-refractivity contribution is -0.119. The lowest BCUT2D eigenvalue weighted by Crippen LogP contribution is -2.35. The molecule has 0 atom stereocenters. The molecule has 0 bridgehead atoms. The summed E-state index contributed by atoms with van der Waals surface area (Å²) in [5, 5.41) is 0. The van der Waals surface area contributed by atoms with Gasteiger partial charge in [-0.15, -0.1) is 0 Å². The second-order valence-corrected chi connectivity index (χ2v) is 6.01. The van der Waals surface area contributed by atoms with Crippen molar-refractivity contribution in [3.05, 3.63) is 65.2 Å². The monoisotopic (exact) mass is 308 g/mol. The molecule has 23 heavy (non-hydrogen) atoms. The second kappa shape index (κ2) is 6.24. The molecule has 0 aliphatic carbocycles. The van der Waals surface area contributed by atoms with Crippen LogP contribution in [0.4, 0.5) is 5.69 Å². The van der Waals surface area contributed by atoms with Crippen molar-refractivity contribution < 1.29 is 9.59 Å². The molecule has 0 fully saturated rings. The zero-order chi connectivity index (χ0) is 16.4. The maximum atomic E-state index is 12.4. The van der Waals surface area contributed by atoms with Gasteiger partial charge in [0.05, 0.1) is 6.54 Å². The minimum Gasteiger partial charge on any atom is -0.345 e. The highest BCUT2D eigenvalue weighted by molar-refractivity contribution is 6.00. The van der Waals surface area contributed by atoms with E-state index in [0.29, 0.717) is 18.5 Å². The first-order valence-electron chi connectivity index (χ1n) is 7.75. The molecular formula is C19H20N2O2. The van der Waals surface area contributed by atoms with Crippen LogP contribution in [0.5, 0.6) is 0 Å². The summed E-state index contributed by atoms with van der Waals surface area (Å²) in [4.78, 5) is 27.9. The van der Waals surface area contributed by atoms with E-state index >= 15 is 0 Å². The van der Waals surface area contributed by atoms with Gasteiger partial charge in [-0.3, -0.25) is 9.59 Å². The third-order valence-corrected chi connectivity index (χ3v) is 4.12. The van der Waals surface area contributed by atoms with E-state index in [9.17, 15) is 9.59 Å². The lowest BCUT2D eigenvalue weighted by atomic mass is 9.98. The van der Waals surface area contributed by atoms with Crippen molar-refractivity contribution in [2.24, 2.45) is 0 Å². The smallest absolute Gasteiger partial charge is 0.253 e. The third kappa shape index (κ3) is 3.11. The Kier molecular flexibility index (Phi) is 4.15. The van der Waals surface area contributed by atoms with Crippen LogP contribution < -0.4 is 4.90 Å². The molecule has 1 aliphatic rings. The van der Waals surface area contributed by atoms with Gasteiger partial charge in [-0.25, -0.2) is 0 Å². The summed E-state index contributed by atoms with van der Waals surface area (Å²) in [7, 11) is 3.46. The summed E-state index contributed by atoms with van der Waals surface area (Å²) < 4.78 is 0. The average molecular weight is 308 g/mol. The molecule has 118 valence electrons. The van der Waals surface area contributed by atoms with Gasteiger partial charge in [0.15, 0.2) is 0 Å². The molecule has 0 saturated heterocycles. The summed E-state index contributed by atoms with van der Waals surface area (Å²) in [6.07, 6.45) is 1.25. The number of benzene rings is 2. The molecule has 1 heterocycles. The Labute approximate surface area is 136 Å². The van der Waals surface area contributed by atoms with Gasteiger partial charge in [0, 0.05) is 31.8 Å². The molecule has 0 unspecified atom stereocenters. The number of aryl methyl sites for hydroxylation is 1. The van der Waals surface area contributed by atoms with Crippen LogP contribution in [-0.2, 0) is 17.8 Å². The van der Waals surface area contributed by atoms with Crippen molar-refractivity contribution in [1.82, 2.24) is 4.90 Å². The van der Waals surface area contributed by atoms with E-state index in [1.807, 2.05) is 48.5 Å². The topological polar surface area (TPSA) is 40.6 Å². The molecule has 0 radical (unpaired) electrons. The van der Waals surface area contributed by atoms with Crippen molar-refractivity contribution in [2.75, 3.05) is 19.0 Å². The van der Waals surface area contributed by atoms with Crippen molar-refractivity contribution in [3.63, 3.8) is 0 Å². The Morgan fingerprint density at radius 1 is 1.09 bits per heavy atom. The molecule has 3 rings (SSSR count). The summed E-state index contributed by atoms with van der Waals surface area (Å²) in [5.74, 6) is 0.0567. The van der Waals surface area contributed by atoms with Gasteiger partial charge in [0.1, 0.15) is 0 Å². The van der Waals surface area contributed by atoms with Crippen LogP contribution in [-0.4, -0.2) is 30.8 Å². The molecule has 4 heteroatoms. The van der Waals surface area contributed by atoms with E-state index in [4.69, 9.17) is 0 Å². The zero-order valence-corrected chi connectivity index (χ0v) is 13.5. The molecule has 4 nitrogen and oxygen atoms in total. The number of carbonyl (C=O) groups excluding carboxylic acids is 2. The van der Waals surface area contributed by atoms with E-state index in [2.05, 4.69) is 0 Å². The van der Waals surface area contributed by atoms with E-state index in [0.717, 1.165) is 23.2 Å². The Balaban J connectivity index is 1.97. The summed E-state index contributed by atoms with van der Waals surface area (Å²) >= 11 is 0. The number of nitrogens with zero attached hydrogens (tertiary/aromatic N) is 2. The molecular weight excluding hydrogens is 288 g/mol. The molecule has 0 spiro atoms. The highest BCUT2D eigenvalue weighted by atomic mass is 16.2. The SMILES string of the molecule is CN(C)C(=O)c1ccc2c(c1)N(Cc1ccccc1)C(=O)CC2. The third-order valence-electron chi connectivity index (χ3n) is 4.12. The maximum Gasteiger partial charge on any atom is 0.253 e. The molecule has 0 N–H and O–H groups in total. The van der Waals surface area contributed by atoms with Gasteiger partial charge in [0.25, 0.3) is 5.91 Å². The van der Waals surface area contributed by atoms with Gasteiger partial charge in [-0.2, -0.15) is 0 Å². The Morgan fingerprint density at radius 3 is 2.52 bits per heavy atom. The predicted molar refractivity (Wildman–Crippen MR) is 90.4 cm³/mol. The molecule has 0 aromatic heterocycles. The van der Waals surface area contributed by atoms with Gasteiger partial charge in [-0.1, -0.05) is 36.4 Å². The van der Waals surface area contributed by atoms with E-state index in [-0.39, 0.29) is 11.8 Å². The number of hydrogen-bond acceptors (Lipinski definition) is 2. The Morgan fingerprint density at radius 2 is 1.83 bits per heavy atom. The van der Waals surface area contributed by atoms with Gasteiger partial charge in [-0.05, 0) is 29.7 Å². The van der Waals surface area contributed by atoms with E-state index < -0.39 is 0 Å². The Bertz CT molecular complexity index is 738. The number of fused-ring (bicyclic) bond motifs is 1. The normalized spacial score (nSPS) is 13.7. The first-order valence-corrected chi connectivity index (χ1v) is 7.75. The van der Waals surface area contributed by atoms with Gasteiger partial charge in [0.2, 0.25) is 5.91 Å². The number of amides is 2. The fraction of sp³-hybridized carbons (Fsp3) is 0.263. The van der Waals surface area contributed by atoms with Gasteiger partial charge >= 0.3 is 0 Å². The van der Waals surface area contributed by atoms with Crippen LogP contribution >= 0.6 is 0 Å².